The molecule has 8 heteroatoms. The van der Waals surface area contributed by atoms with Crippen molar-refractivity contribution >= 4 is 12.0 Å². The van der Waals surface area contributed by atoms with Crippen LogP contribution in [0.4, 0.5) is 4.79 Å². The summed E-state index contributed by atoms with van der Waals surface area (Å²) in [5.41, 5.74) is 1.05. The number of carbonyl (C=O) groups excluding carboxylic acids is 2. The van der Waals surface area contributed by atoms with Gasteiger partial charge in [-0.05, 0) is 25.3 Å². The van der Waals surface area contributed by atoms with Gasteiger partial charge in [-0.15, -0.1) is 13.2 Å². The molecule has 1 aromatic rings. The summed E-state index contributed by atoms with van der Waals surface area (Å²) in [5.74, 6) is -1.29. The van der Waals surface area contributed by atoms with Crippen LogP contribution in [-0.4, -0.2) is 66.4 Å². The fraction of sp³-hybridized carbons (Fsp3) is 0.556. The van der Waals surface area contributed by atoms with Crippen LogP contribution in [0.25, 0.3) is 0 Å². The Bertz CT molecular complexity index is 885. The summed E-state index contributed by atoms with van der Waals surface area (Å²) in [6.07, 6.45) is 0.0734. The van der Waals surface area contributed by atoms with Crippen molar-refractivity contribution in [1.82, 2.24) is 4.90 Å². The smallest absolute Gasteiger partial charge is 0.417 e. The van der Waals surface area contributed by atoms with Crippen LogP contribution in [0.3, 0.4) is 0 Å². The maximum atomic E-state index is 13.4. The van der Waals surface area contributed by atoms with E-state index in [1.807, 2.05) is 58.0 Å². The molecule has 35 heavy (non-hydrogen) atoms. The molecule has 0 spiro atoms. The Balaban J connectivity index is 1.71. The average Bonchev–Trinajstić information content (AvgIpc) is 3.35. The van der Waals surface area contributed by atoms with Crippen LogP contribution in [0.1, 0.15) is 39.7 Å². The Morgan fingerprint density at radius 2 is 1.94 bits per heavy atom. The van der Waals surface area contributed by atoms with E-state index in [4.69, 9.17) is 23.7 Å². The van der Waals surface area contributed by atoms with Crippen LogP contribution in [0.15, 0.2) is 55.6 Å². The maximum absolute atomic E-state index is 13.4. The predicted octanol–water partition coefficient (Wildman–Crippen LogP) is 4.24. The zero-order valence-electron chi connectivity index (χ0n) is 21.1. The third kappa shape index (κ3) is 6.79. The first-order valence-corrected chi connectivity index (χ1v) is 12.0. The van der Waals surface area contributed by atoms with E-state index >= 15 is 0 Å². The highest BCUT2D eigenvalue weighted by atomic mass is 16.8. The van der Waals surface area contributed by atoms with E-state index in [-0.39, 0.29) is 31.6 Å². The van der Waals surface area contributed by atoms with E-state index < -0.39 is 42.2 Å². The van der Waals surface area contributed by atoms with Crippen molar-refractivity contribution in [3.63, 3.8) is 0 Å². The van der Waals surface area contributed by atoms with Crippen molar-refractivity contribution in [2.75, 3.05) is 13.2 Å². The Morgan fingerprint density at radius 3 is 2.57 bits per heavy atom. The quantitative estimate of drug-likeness (QED) is 0.408. The lowest BCUT2D eigenvalue weighted by atomic mass is 10.0. The predicted molar refractivity (Wildman–Crippen MR) is 130 cm³/mol. The maximum Gasteiger partial charge on any atom is 0.417 e. The Hall–Kier alpha value is -2.52. The van der Waals surface area contributed by atoms with Gasteiger partial charge in [-0.2, -0.15) is 0 Å². The summed E-state index contributed by atoms with van der Waals surface area (Å²) in [6.45, 7) is 16.0. The highest BCUT2D eigenvalue weighted by molar-refractivity contribution is 5.96. The number of cyclic esters (lactones) is 1. The van der Waals surface area contributed by atoms with Crippen LogP contribution >= 0.6 is 0 Å². The van der Waals surface area contributed by atoms with Gasteiger partial charge in [0.2, 0.25) is 0 Å². The van der Waals surface area contributed by atoms with Gasteiger partial charge in [-0.3, -0.25) is 4.79 Å². The Kier molecular flexibility index (Phi) is 9.24. The van der Waals surface area contributed by atoms with E-state index in [0.717, 1.165) is 10.5 Å². The topological polar surface area (TPSA) is 83.5 Å². The Morgan fingerprint density at radius 1 is 1.23 bits per heavy atom. The van der Waals surface area contributed by atoms with Gasteiger partial charge in [0.25, 0.3) is 5.91 Å². The average molecular weight is 488 g/mol. The van der Waals surface area contributed by atoms with Crippen LogP contribution in [0.2, 0.25) is 0 Å². The van der Waals surface area contributed by atoms with Crippen molar-refractivity contribution in [3.8, 4) is 0 Å². The zero-order chi connectivity index (χ0) is 25.6. The fourth-order valence-corrected chi connectivity index (χ4v) is 4.30. The molecule has 2 heterocycles. The van der Waals surface area contributed by atoms with Crippen molar-refractivity contribution in [3.05, 3.63) is 61.2 Å². The molecule has 3 rings (SSSR count). The molecule has 0 bridgehead atoms. The molecule has 8 nitrogen and oxygen atoms in total. The standard InChI is InChI=1S/C27H37NO7/c1-7-12-22(25(29)28-20(18(3)4)16-32-26(28)30)33-21(8-2)24-23(34-27(5,6)35-24)17-31-15-19-13-10-9-11-14-19/h7-11,13-14,18,20-24H,1-2,12,15-17H2,3-6H3/t20-,21-,22-,23-,24-/m1/s1. The number of imide groups is 1. The first-order valence-electron chi connectivity index (χ1n) is 12.0. The first kappa shape index (κ1) is 27.1. The molecule has 0 radical (unpaired) electrons. The molecule has 0 N–H and O–H groups in total. The van der Waals surface area contributed by atoms with Gasteiger partial charge in [0.15, 0.2) is 5.79 Å². The van der Waals surface area contributed by atoms with E-state index in [0.29, 0.717) is 6.61 Å². The summed E-state index contributed by atoms with van der Waals surface area (Å²) < 4.78 is 29.5. The van der Waals surface area contributed by atoms with Gasteiger partial charge >= 0.3 is 6.09 Å². The molecule has 1 aromatic carbocycles. The minimum Gasteiger partial charge on any atom is -0.447 e. The highest BCUT2D eigenvalue weighted by Crippen LogP contribution is 2.33. The second-order valence-corrected chi connectivity index (χ2v) is 9.59. The van der Waals surface area contributed by atoms with Crippen molar-refractivity contribution in [2.24, 2.45) is 5.92 Å². The third-order valence-corrected chi connectivity index (χ3v) is 6.06. The number of hydrogen-bond acceptors (Lipinski definition) is 7. The molecule has 2 aliphatic heterocycles. The van der Waals surface area contributed by atoms with Gasteiger partial charge in [-0.25, -0.2) is 9.69 Å². The van der Waals surface area contributed by atoms with Gasteiger partial charge in [0, 0.05) is 6.42 Å². The normalized spacial score (nSPS) is 25.3. The van der Waals surface area contributed by atoms with Gasteiger partial charge in [-0.1, -0.05) is 56.3 Å². The second kappa shape index (κ2) is 11.9. The molecular weight excluding hydrogens is 450 g/mol. The SMILES string of the molecule is C=CC[C@@H](O[C@H](C=C)[C@H]1OC(C)(C)O[C@@H]1COCc1ccccc1)C(=O)N1C(=O)OC[C@@H]1C(C)C. The summed E-state index contributed by atoms with van der Waals surface area (Å²) >= 11 is 0. The molecule has 192 valence electrons. The molecule has 2 fully saturated rings. The molecule has 0 aromatic heterocycles. The molecule has 0 aliphatic carbocycles. The van der Waals surface area contributed by atoms with Crippen LogP contribution < -0.4 is 0 Å². The molecule has 0 saturated carbocycles. The molecular formula is C27H37NO7. The molecule has 2 saturated heterocycles. The molecule has 2 aliphatic rings. The van der Waals surface area contributed by atoms with Crippen LogP contribution in [-0.2, 0) is 35.1 Å². The highest BCUT2D eigenvalue weighted by Gasteiger charge is 2.47. The number of rotatable bonds is 12. The molecule has 2 amide bonds. The molecule has 5 atom stereocenters. The first-order chi connectivity index (χ1) is 16.7. The fourth-order valence-electron chi connectivity index (χ4n) is 4.30. The van der Waals surface area contributed by atoms with Crippen LogP contribution in [0.5, 0.6) is 0 Å². The lowest BCUT2D eigenvalue weighted by Gasteiger charge is -2.31. The monoisotopic (exact) mass is 487 g/mol. The minimum absolute atomic E-state index is 0.0449. The summed E-state index contributed by atoms with van der Waals surface area (Å²) in [5, 5.41) is 0. The number of hydrogen-bond donors (Lipinski definition) is 0. The van der Waals surface area contributed by atoms with Gasteiger partial charge < -0.3 is 23.7 Å². The van der Waals surface area contributed by atoms with E-state index in [1.54, 1.807) is 12.2 Å². The minimum atomic E-state index is -0.958. The number of benzene rings is 1. The number of carbonyl (C=O) groups is 2. The third-order valence-electron chi connectivity index (χ3n) is 6.06. The Labute approximate surface area is 207 Å². The largest absolute Gasteiger partial charge is 0.447 e. The van der Waals surface area contributed by atoms with Crippen molar-refractivity contribution in [2.45, 2.75) is 77.0 Å². The lowest BCUT2D eigenvalue weighted by Crippen LogP contribution is -2.49. The van der Waals surface area contributed by atoms with Crippen molar-refractivity contribution in [1.29, 1.82) is 0 Å². The van der Waals surface area contributed by atoms with Gasteiger partial charge in [0.1, 0.15) is 31.0 Å². The van der Waals surface area contributed by atoms with Gasteiger partial charge in [0.05, 0.1) is 19.3 Å². The molecule has 0 unspecified atom stereocenters. The number of ether oxygens (including phenoxy) is 5. The van der Waals surface area contributed by atoms with E-state index in [1.165, 1.54) is 0 Å². The van der Waals surface area contributed by atoms with Crippen molar-refractivity contribution < 1.29 is 33.3 Å². The zero-order valence-corrected chi connectivity index (χ0v) is 21.1. The van der Waals surface area contributed by atoms with E-state index in [2.05, 4.69) is 13.2 Å². The summed E-state index contributed by atoms with van der Waals surface area (Å²) in [6, 6.07) is 9.49. The lowest BCUT2D eigenvalue weighted by molar-refractivity contribution is -0.165. The van der Waals surface area contributed by atoms with Crippen LogP contribution in [0, 0.1) is 5.92 Å². The summed E-state index contributed by atoms with van der Waals surface area (Å²) in [7, 11) is 0. The number of nitrogens with zero attached hydrogens (tertiary/aromatic N) is 1. The second-order valence-electron chi connectivity index (χ2n) is 9.59. The summed E-state index contributed by atoms with van der Waals surface area (Å²) in [4.78, 5) is 26.9. The number of amides is 2. The van der Waals surface area contributed by atoms with E-state index in [9.17, 15) is 9.59 Å².